The van der Waals surface area contributed by atoms with Gasteiger partial charge in [-0.2, -0.15) is 0 Å². The highest BCUT2D eigenvalue weighted by atomic mass is 16.4. The number of hydrogen-bond acceptors (Lipinski definition) is 4. The topological polar surface area (TPSA) is 132 Å². The standard InChI is InChI=1S/C33H36N4O4/c1-8-20-15(3)23-12-25-17(5)22(10-11-29(38)39)31(36-25)19(7)32-30(33(40)41)18(6)26(37-32)14-28-21(9-2)16(4)24(35-28)13-27(20)34-23/h8,12-14,17,22,35,37H,1,9-11H2,2-7H3,(H,38,39)(H,40,41). The Morgan fingerprint density at radius 2 is 1.66 bits per heavy atom. The Kier molecular flexibility index (Phi) is 7.19. The molecule has 2 atom stereocenters. The molecule has 0 radical (unpaired) electrons. The molecule has 2 aliphatic heterocycles. The number of rotatable bonds is 6. The number of carbonyl (C=O) groups is 2. The van der Waals surface area contributed by atoms with Crippen molar-refractivity contribution in [2.75, 3.05) is 0 Å². The molecule has 8 heteroatoms. The average molecular weight is 553 g/mol. The number of fused-ring (bicyclic) bond motifs is 8. The lowest BCUT2D eigenvalue weighted by molar-refractivity contribution is -0.137. The second-order valence-corrected chi connectivity index (χ2v) is 11.1. The Balaban J connectivity index is 1.99. The first kappa shape index (κ1) is 28.1. The number of carboxylic acids is 2. The van der Waals surface area contributed by atoms with Crippen molar-refractivity contribution >= 4 is 45.2 Å². The van der Waals surface area contributed by atoms with Crippen LogP contribution in [0.5, 0.6) is 0 Å². The monoisotopic (exact) mass is 552 g/mol. The third-order valence-corrected chi connectivity index (χ3v) is 8.77. The molecule has 5 rings (SSSR count). The Morgan fingerprint density at radius 3 is 2.29 bits per heavy atom. The van der Waals surface area contributed by atoms with Gasteiger partial charge in [0.15, 0.2) is 0 Å². The molecule has 0 saturated carbocycles. The minimum atomic E-state index is -1.02. The highest BCUT2D eigenvalue weighted by molar-refractivity contribution is 6.02. The van der Waals surface area contributed by atoms with Gasteiger partial charge in [0.2, 0.25) is 0 Å². The van der Waals surface area contributed by atoms with Crippen molar-refractivity contribution in [3.05, 3.63) is 81.4 Å². The Bertz CT molecular complexity index is 1820. The average Bonchev–Trinajstić information content (AvgIpc) is 3.60. The molecule has 0 aromatic carbocycles. The predicted octanol–water partition coefficient (Wildman–Crippen LogP) is 7.37. The molecule has 212 valence electrons. The molecule has 8 nitrogen and oxygen atoms in total. The van der Waals surface area contributed by atoms with Crippen LogP contribution in [0.4, 0.5) is 0 Å². The zero-order chi connectivity index (χ0) is 29.7. The van der Waals surface area contributed by atoms with Gasteiger partial charge in [0.25, 0.3) is 0 Å². The maximum atomic E-state index is 12.6. The summed E-state index contributed by atoms with van der Waals surface area (Å²) in [4.78, 5) is 41.1. The van der Waals surface area contributed by atoms with Crippen LogP contribution >= 0.6 is 0 Å². The second-order valence-electron chi connectivity index (χ2n) is 11.1. The number of nitrogens with one attached hydrogen (secondary N) is 2. The first-order chi connectivity index (χ1) is 19.5. The van der Waals surface area contributed by atoms with Gasteiger partial charge in [-0.05, 0) is 86.6 Å². The van der Waals surface area contributed by atoms with E-state index in [0.717, 1.165) is 56.8 Å². The number of allylic oxidation sites excluding steroid dienone is 3. The maximum absolute atomic E-state index is 12.6. The predicted molar refractivity (Wildman–Crippen MR) is 162 cm³/mol. The number of nitrogens with zero attached hydrogens (tertiary/aromatic N) is 2. The van der Waals surface area contributed by atoms with Crippen molar-refractivity contribution in [1.82, 2.24) is 19.9 Å². The van der Waals surface area contributed by atoms with Gasteiger partial charge in [0.1, 0.15) is 0 Å². The lowest BCUT2D eigenvalue weighted by atomic mass is 9.85. The van der Waals surface area contributed by atoms with Gasteiger partial charge in [-0.25, -0.2) is 9.78 Å². The first-order valence-electron chi connectivity index (χ1n) is 14.0. The van der Waals surface area contributed by atoms with E-state index >= 15 is 0 Å². The lowest BCUT2D eigenvalue weighted by Gasteiger charge is -2.16. The quantitative estimate of drug-likeness (QED) is 0.252. The number of hydrogen-bond donors (Lipinski definition) is 4. The molecule has 0 aliphatic carbocycles. The molecule has 2 unspecified atom stereocenters. The minimum Gasteiger partial charge on any atom is -0.481 e. The van der Waals surface area contributed by atoms with Gasteiger partial charge < -0.3 is 20.2 Å². The van der Waals surface area contributed by atoms with Crippen LogP contribution in [0.25, 0.3) is 33.2 Å². The van der Waals surface area contributed by atoms with Gasteiger partial charge in [0, 0.05) is 51.8 Å². The van der Waals surface area contributed by atoms with Gasteiger partial charge in [-0.15, -0.1) is 0 Å². The minimum absolute atomic E-state index is 0.00931. The van der Waals surface area contributed by atoms with Crippen molar-refractivity contribution in [2.24, 2.45) is 0 Å². The molecule has 3 aromatic rings. The van der Waals surface area contributed by atoms with Gasteiger partial charge >= 0.3 is 11.9 Å². The first-order valence-corrected chi connectivity index (χ1v) is 14.0. The van der Waals surface area contributed by atoms with Crippen molar-refractivity contribution < 1.29 is 19.8 Å². The molecule has 2 aliphatic rings. The summed E-state index contributed by atoms with van der Waals surface area (Å²) in [6.07, 6.45) is 3.00. The summed E-state index contributed by atoms with van der Waals surface area (Å²) < 4.78 is 0. The van der Waals surface area contributed by atoms with Gasteiger partial charge in [0.05, 0.1) is 22.5 Å². The smallest absolute Gasteiger partial charge is 0.338 e. The van der Waals surface area contributed by atoms with E-state index in [9.17, 15) is 19.8 Å². The maximum Gasteiger partial charge on any atom is 0.338 e. The number of aromatic amines is 2. The van der Waals surface area contributed by atoms with Crippen LogP contribution in [0.2, 0.25) is 0 Å². The number of aromatic carboxylic acids is 1. The molecular weight excluding hydrogens is 516 g/mol. The highest BCUT2D eigenvalue weighted by Crippen LogP contribution is 2.42. The van der Waals surface area contributed by atoms with E-state index in [2.05, 4.69) is 30.4 Å². The van der Waals surface area contributed by atoms with Crippen molar-refractivity contribution in [2.45, 2.75) is 72.6 Å². The molecule has 5 heterocycles. The number of aliphatic carboxylic acids is 1. The van der Waals surface area contributed by atoms with Crippen molar-refractivity contribution in [3.63, 3.8) is 0 Å². The molecule has 0 saturated heterocycles. The summed E-state index contributed by atoms with van der Waals surface area (Å²) in [6.45, 7) is 16.0. The van der Waals surface area contributed by atoms with Crippen molar-refractivity contribution in [3.8, 4) is 0 Å². The van der Waals surface area contributed by atoms with E-state index in [4.69, 9.17) is 9.97 Å². The molecule has 41 heavy (non-hydrogen) atoms. The molecule has 0 spiro atoms. The lowest BCUT2D eigenvalue weighted by Crippen LogP contribution is -2.07. The summed E-state index contributed by atoms with van der Waals surface area (Å²) >= 11 is 0. The number of H-pyrrole nitrogens is 2. The van der Waals surface area contributed by atoms with Crippen molar-refractivity contribution in [1.29, 1.82) is 0 Å². The fraction of sp³-hybridized carbons (Fsp3) is 0.333. The van der Waals surface area contributed by atoms with Gasteiger partial charge in [-0.3, -0.25) is 9.78 Å². The summed E-state index contributed by atoms with van der Waals surface area (Å²) in [7, 11) is 0. The number of carboxylic acid groups (broad SMARTS) is 2. The fourth-order valence-corrected chi connectivity index (χ4v) is 6.33. The summed E-state index contributed by atoms with van der Waals surface area (Å²) in [6, 6.07) is 6.00. The third-order valence-electron chi connectivity index (χ3n) is 8.77. The highest BCUT2D eigenvalue weighted by Gasteiger charge is 2.32. The SMILES string of the molecule is C=CC1=C(C)c2cc3nc(c(C)c4[nH]c(cc5[nH]c(cc1n2)c(C)c5CC)c(C)c4C(=O)O)C(CCC(=O)O)C3C. The number of aromatic nitrogens is 4. The van der Waals surface area contributed by atoms with E-state index in [0.29, 0.717) is 34.3 Å². The van der Waals surface area contributed by atoms with Crippen LogP contribution in [-0.2, 0) is 11.2 Å². The van der Waals surface area contributed by atoms with Crippen LogP contribution in [0, 0.1) is 20.8 Å². The summed E-state index contributed by atoms with van der Waals surface area (Å²) in [5, 5.41) is 19.7. The zero-order valence-corrected chi connectivity index (χ0v) is 24.4. The third kappa shape index (κ3) is 4.67. The molecule has 0 amide bonds. The molecule has 8 bridgehead atoms. The van der Waals surface area contributed by atoms with Crippen LogP contribution in [-0.4, -0.2) is 42.1 Å². The van der Waals surface area contributed by atoms with E-state index < -0.39 is 11.9 Å². The van der Waals surface area contributed by atoms with Crippen LogP contribution in [0.3, 0.4) is 0 Å². The molecular formula is C33H36N4O4. The fourth-order valence-electron chi connectivity index (χ4n) is 6.33. The zero-order valence-electron chi connectivity index (χ0n) is 24.4. The summed E-state index contributed by atoms with van der Waals surface area (Å²) in [5.74, 6) is -2.17. The van der Waals surface area contributed by atoms with E-state index in [1.54, 1.807) is 0 Å². The Labute approximate surface area is 238 Å². The van der Waals surface area contributed by atoms with E-state index in [1.165, 1.54) is 0 Å². The number of aryl methyl sites for hydroxylation is 4. The largest absolute Gasteiger partial charge is 0.481 e. The van der Waals surface area contributed by atoms with Crippen LogP contribution in [0.15, 0.2) is 30.9 Å². The van der Waals surface area contributed by atoms with Crippen LogP contribution in [0.1, 0.15) is 101 Å². The molecule has 0 fully saturated rings. The molecule has 4 N–H and O–H groups in total. The second kappa shape index (κ2) is 10.5. The Hall–Kier alpha value is -4.46. The molecule has 3 aromatic heterocycles. The van der Waals surface area contributed by atoms with Crippen LogP contribution < -0.4 is 0 Å². The summed E-state index contributed by atoms with van der Waals surface area (Å²) in [5.41, 5.74) is 11.9. The normalized spacial score (nSPS) is 16.7. The van der Waals surface area contributed by atoms with Gasteiger partial charge in [-0.1, -0.05) is 26.5 Å². The van der Waals surface area contributed by atoms with E-state index in [-0.39, 0.29) is 23.8 Å². The van der Waals surface area contributed by atoms with E-state index in [1.807, 2.05) is 52.0 Å². The Morgan fingerprint density at radius 1 is 0.951 bits per heavy atom.